The van der Waals surface area contributed by atoms with Crippen LogP contribution in [0.15, 0.2) is 36.7 Å². The number of rotatable bonds is 4. The van der Waals surface area contributed by atoms with Crippen molar-refractivity contribution in [1.29, 1.82) is 0 Å². The Morgan fingerprint density at radius 2 is 1.84 bits per heavy atom. The second kappa shape index (κ2) is 5.89. The Morgan fingerprint density at radius 3 is 2.37 bits per heavy atom. The predicted molar refractivity (Wildman–Crippen MR) is 73.3 cm³/mol. The molecule has 2 heterocycles. The van der Waals surface area contributed by atoms with E-state index in [-0.39, 0.29) is 17.9 Å². The Balaban J connectivity index is 2.35. The van der Waals surface area contributed by atoms with Gasteiger partial charge in [0.25, 0.3) is 0 Å². The number of nitrogens with one attached hydrogen (secondary N) is 1. The van der Waals surface area contributed by atoms with E-state index in [1.165, 1.54) is 12.3 Å². The highest BCUT2D eigenvalue weighted by Crippen LogP contribution is 2.20. The molecule has 1 N–H and O–H groups in total. The van der Waals surface area contributed by atoms with Gasteiger partial charge in [-0.25, -0.2) is 4.39 Å². The van der Waals surface area contributed by atoms with Crippen LogP contribution in [0.25, 0.3) is 0 Å². The summed E-state index contributed by atoms with van der Waals surface area (Å²) in [5.74, 6) is -0.325. The maximum absolute atomic E-state index is 13.0. The minimum atomic E-state index is -0.325. The normalized spacial score (nSPS) is 12.7. The monoisotopic (exact) mass is 259 g/mol. The summed E-state index contributed by atoms with van der Waals surface area (Å²) < 4.78 is 13.0. The van der Waals surface area contributed by atoms with Gasteiger partial charge in [-0.05, 0) is 44.5 Å². The third-order valence-corrected chi connectivity index (χ3v) is 2.81. The Kier molecular flexibility index (Phi) is 4.22. The van der Waals surface area contributed by atoms with E-state index in [0.29, 0.717) is 0 Å². The Hall–Kier alpha value is -1.81. The molecule has 2 aromatic heterocycles. The maximum Gasteiger partial charge on any atom is 0.141 e. The van der Waals surface area contributed by atoms with Crippen LogP contribution in [0.3, 0.4) is 0 Å². The van der Waals surface area contributed by atoms with Crippen molar-refractivity contribution in [2.24, 2.45) is 0 Å². The van der Waals surface area contributed by atoms with Crippen LogP contribution in [0, 0.1) is 12.7 Å². The van der Waals surface area contributed by atoms with Crippen molar-refractivity contribution in [3.8, 4) is 0 Å². The molecule has 1 unspecified atom stereocenters. The highest BCUT2D eigenvalue weighted by Gasteiger charge is 2.16. The second-order valence-corrected chi connectivity index (χ2v) is 4.89. The Labute approximate surface area is 112 Å². The van der Waals surface area contributed by atoms with Crippen LogP contribution >= 0.6 is 0 Å². The molecule has 0 aromatic carbocycles. The lowest BCUT2D eigenvalue weighted by molar-refractivity contribution is 0.516. The SMILES string of the molecule is Cc1ccc(C(NC(C)C)c2ccc(F)cn2)cn1. The number of aromatic nitrogens is 2. The van der Waals surface area contributed by atoms with E-state index in [9.17, 15) is 4.39 Å². The van der Waals surface area contributed by atoms with Crippen LogP contribution in [-0.4, -0.2) is 16.0 Å². The Morgan fingerprint density at radius 1 is 1.05 bits per heavy atom. The average molecular weight is 259 g/mol. The molecular weight excluding hydrogens is 241 g/mol. The zero-order chi connectivity index (χ0) is 13.8. The second-order valence-electron chi connectivity index (χ2n) is 4.89. The van der Waals surface area contributed by atoms with Gasteiger partial charge in [-0.2, -0.15) is 0 Å². The fourth-order valence-electron chi connectivity index (χ4n) is 1.89. The first-order valence-corrected chi connectivity index (χ1v) is 6.36. The Bertz CT molecular complexity index is 475. The number of aryl methyl sites for hydroxylation is 1. The number of halogens is 1. The topological polar surface area (TPSA) is 37.8 Å². The fraction of sp³-hybridized carbons (Fsp3) is 0.333. The number of hydrogen-bond donors (Lipinski definition) is 1. The largest absolute Gasteiger partial charge is 0.303 e. The number of hydrogen-bond acceptors (Lipinski definition) is 3. The van der Waals surface area contributed by atoms with Gasteiger partial charge in [-0.3, -0.25) is 9.97 Å². The molecule has 0 bridgehead atoms. The first kappa shape index (κ1) is 13.6. The van der Waals surface area contributed by atoms with Crippen LogP contribution in [0.1, 0.15) is 36.8 Å². The van der Waals surface area contributed by atoms with Gasteiger partial charge in [0.15, 0.2) is 0 Å². The molecule has 100 valence electrons. The quantitative estimate of drug-likeness (QED) is 0.917. The lowest BCUT2D eigenvalue weighted by atomic mass is 10.0. The maximum atomic E-state index is 13.0. The molecule has 4 heteroatoms. The molecule has 3 nitrogen and oxygen atoms in total. The molecule has 2 rings (SSSR count). The van der Waals surface area contributed by atoms with Crippen molar-refractivity contribution in [2.45, 2.75) is 32.9 Å². The van der Waals surface area contributed by atoms with Gasteiger partial charge in [-0.1, -0.05) is 6.07 Å². The van der Waals surface area contributed by atoms with Gasteiger partial charge in [-0.15, -0.1) is 0 Å². The van der Waals surface area contributed by atoms with Crippen molar-refractivity contribution < 1.29 is 4.39 Å². The van der Waals surface area contributed by atoms with Crippen molar-refractivity contribution in [3.63, 3.8) is 0 Å². The zero-order valence-corrected chi connectivity index (χ0v) is 11.4. The fourth-order valence-corrected chi connectivity index (χ4v) is 1.89. The summed E-state index contributed by atoms with van der Waals surface area (Å²) >= 11 is 0. The summed E-state index contributed by atoms with van der Waals surface area (Å²) in [5.41, 5.74) is 2.79. The molecule has 0 spiro atoms. The smallest absolute Gasteiger partial charge is 0.141 e. The minimum absolute atomic E-state index is 0.0753. The molecule has 0 fully saturated rings. The molecule has 1 atom stereocenters. The van der Waals surface area contributed by atoms with E-state index in [2.05, 4.69) is 29.1 Å². The summed E-state index contributed by atoms with van der Waals surface area (Å²) in [6.45, 7) is 6.08. The number of nitrogens with zero attached hydrogens (tertiary/aromatic N) is 2. The van der Waals surface area contributed by atoms with Crippen molar-refractivity contribution >= 4 is 0 Å². The lowest BCUT2D eigenvalue weighted by Gasteiger charge is -2.21. The van der Waals surface area contributed by atoms with Gasteiger partial charge in [0.2, 0.25) is 0 Å². The van der Waals surface area contributed by atoms with E-state index in [1.807, 2.05) is 25.3 Å². The minimum Gasteiger partial charge on any atom is -0.303 e. The van der Waals surface area contributed by atoms with E-state index in [4.69, 9.17) is 0 Å². The molecule has 0 radical (unpaired) electrons. The molecule has 0 amide bonds. The van der Waals surface area contributed by atoms with Crippen molar-refractivity contribution in [3.05, 3.63) is 59.4 Å². The summed E-state index contributed by atoms with van der Waals surface area (Å²) in [6.07, 6.45) is 3.08. The average Bonchev–Trinajstić information content (AvgIpc) is 2.38. The third-order valence-electron chi connectivity index (χ3n) is 2.81. The van der Waals surface area contributed by atoms with E-state index in [0.717, 1.165) is 17.0 Å². The highest BCUT2D eigenvalue weighted by molar-refractivity contribution is 5.26. The van der Waals surface area contributed by atoms with Crippen LogP contribution in [0.2, 0.25) is 0 Å². The molecular formula is C15H18FN3. The van der Waals surface area contributed by atoms with Crippen LogP contribution in [-0.2, 0) is 0 Å². The summed E-state index contributed by atoms with van der Waals surface area (Å²) in [5, 5.41) is 3.43. The van der Waals surface area contributed by atoms with Gasteiger partial charge in [0.05, 0.1) is 17.9 Å². The molecule has 19 heavy (non-hydrogen) atoms. The highest BCUT2D eigenvalue weighted by atomic mass is 19.1. The van der Waals surface area contributed by atoms with Crippen LogP contribution in [0.5, 0.6) is 0 Å². The molecule has 0 aliphatic carbocycles. The van der Waals surface area contributed by atoms with Crippen molar-refractivity contribution in [2.75, 3.05) is 0 Å². The van der Waals surface area contributed by atoms with Gasteiger partial charge in [0, 0.05) is 17.9 Å². The predicted octanol–water partition coefficient (Wildman–Crippen LogP) is 3.01. The van der Waals surface area contributed by atoms with E-state index >= 15 is 0 Å². The van der Waals surface area contributed by atoms with Crippen LogP contribution < -0.4 is 5.32 Å². The molecule has 0 saturated carbocycles. The molecule has 2 aromatic rings. The molecule has 0 aliphatic heterocycles. The molecule has 0 aliphatic rings. The summed E-state index contributed by atoms with van der Waals surface area (Å²) in [4.78, 5) is 8.47. The first-order chi connectivity index (χ1) is 9.06. The molecule has 0 saturated heterocycles. The third kappa shape index (κ3) is 3.58. The number of pyridine rings is 2. The van der Waals surface area contributed by atoms with Gasteiger partial charge >= 0.3 is 0 Å². The van der Waals surface area contributed by atoms with Crippen LogP contribution in [0.4, 0.5) is 4.39 Å². The zero-order valence-electron chi connectivity index (χ0n) is 11.4. The van der Waals surface area contributed by atoms with E-state index in [1.54, 1.807) is 6.07 Å². The lowest BCUT2D eigenvalue weighted by Crippen LogP contribution is -2.29. The summed E-state index contributed by atoms with van der Waals surface area (Å²) in [7, 11) is 0. The first-order valence-electron chi connectivity index (χ1n) is 6.36. The summed E-state index contributed by atoms with van der Waals surface area (Å²) in [6, 6.07) is 7.34. The van der Waals surface area contributed by atoms with E-state index < -0.39 is 0 Å². The standard InChI is InChI=1S/C15H18FN3/c1-10(2)19-15(12-5-4-11(3)17-8-12)14-7-6-13(16)9-18-14/h4-10,15,19H,1-3H3. The van der Waals surface area contributed by atoms with Gasteiger partial charge < -0.3 is 5.32 Å². The van der Waals surface area contributed by atoms with Crippen molar-refractivity contribution in [1.82, 2.24) is 15.3 Å². The van der Waals surface area contributed by atoms with Gasteiger partial charge in [0.1, 0.15) is 5.82 Å².